The second-order valence-electron chi connectivity index (χ2n) is 7.37. The zero-order chi connectivity index (χ0) is 12.8. The highest BCUT2D eigenvalue weighted by Gasteiger charge is 2.47. The summed E-state index contributed by atoms with van der Waals surface area (Å²) in [6, 6.07) is 0.544. The average Bonchev–Trinajstić information content (AvgIpc) is 2.55. The van der Waals surface area contributed by atoms with Gasteiger partial charge in [0, 0.05) is 18.0 Å². The first-order valence-electron chi connectivity index (χ1n) is 6.73. The van der Waals surface area contributed by atoms with E-state index in [4.69, 9.17) is 9.47 Å². The number of fused-ring (bicyclic) bond motifs is 1. The molecule has 3 atom stereocenters. The summed E-state index contributed by atoms with van der Waals surface area (Å²) >= 11 is 0. The molecule has 0 N–H and O–H groups in total. The Morgan fingerprint density at radius 3 is 2.24 bits per heavy atom. The van der Waals surface area contributed by atoms with Gasteiger partial charge in [-0.3, -0.25) is 4.90 Å². The summed E-state index contributed by atoms with van der Waals surface area (Å²) in [5, 5.41) is 0. The van der Waals surface area contributed by atoms with Crippen LogP contribution in [0.2, 0.25) is 0 Å². The van der Waals surface area contributed by atoms with Crippen LogP contribution >= 0.6 is 0 Å². The van der Waals surface area contributed by atoms with E-state index in [9.17, 15) is 0 Å². The minimum Gasteiger partial charge on any atom is -0.372 e. The van der Waals surface area contributed by atoms with E-state index in [1.165, 1.54) is 0 Å². The minimum absolute atomic E-state index is 0.0458. The average molecular weight is 241 g/mol. The highest BCUT2D eigenvalue weighted by Crippen LogP contribution is 2.38. The van der Waals surface area contributed by atoms with E-state index in [1.807, 2.05) is 0 Å². The smallest absolute Gasteiger partial charge is 0.100 e. The van der Waals surface area contributed by atoms with Crippen LogP contribution in [0.25, 0.3) is 0 Å². The van der Waals surface area contributed by atoms with Crippen molar-refractivity contribution < 1.29 is 9.47 Å². The molecule has 2 fully saturated rings. The highest BCUT2D eigenvalue weighted by atomic mass is 16.5. The molecule has 1 saturated heterocycles. The van der Waals surface area contributed by atoms with Crippen LogP contribution in [0.3, 0.4) is 0 Å². The lowest BCUT2D eigenvalue weighted by molar-refractivity contribution is -0.0718. The Kier molecular flexibility index (Phi) is 3.30. The molecule has 1 aliphatic carbocycles. The van der Waals surface area contributed by atoms with Gasteiger partial charge in [-0.2, -0.15) is 0 Å². The minimum atomic E-state index is -0.0458. The van der Waals surface area contributed by atoms with Crippen molar-refractivity contribution in [3.8, 4) is 0 Å². The number of hydrogen-bond acceptors (Lipinski definition) is 3. The molecule has 17 heavy (non-hydrogen) atoms. The Labute approximate surface area is 105 Å². The Balaban J connectivity index is 1.98. The molecule has 0 bridgehead atoms. The third kappa shape index (κ3) is 3.01. The van der Waals surface area contributed by atoms with E-state index in [-0.39, 0.29) is 11.1 Å². The molecule has 2 aliphatic rings. The number of ether oxygens (including phenoxy) is 2. The molecule has 2 rings (SSSR count). The van der Waals surface area contributed by atoms with Crippen molar-refractivity contribution in [3.63, 3.8) is 0 Å². The summed E-state index contributed by atoms with van der Waals surface area (Å²) in [6.07, 6.45) is 2.89. The maximum absolute atomic E-state index is 6.09. The molecule has 0 amide bonds. The molecule has 3 unspecified atom stereocenters. The molecule has 0 spiro atoms. The standard InChI is InChI=1S/C14H27NO2/c1-13(2,3)15-9-16-12-8-10(7-11(12)15)17-14(4,5)6/h10-12H,7-9H2,1-6H3. The SMILES string of the molecule is CC(C)(C)OC1CC2OCN(C(C)(C)C)C2C1. The van der Waals surface area contributed by atoms with Gasteiger partial charge in [-0.05, 0) is 48.0 Å². The van der Waals surface area contributed by atoms with E-state index < -0.39 is 0 Å². The summed E-state index contributed by atoms with van der Waals surface area (Å²) in [5.74, 6) is 0. The molecule has 1 saturated carbocycles. The largest absolute Gasteiger partial charge is 0.372 e. The summed E-state index contributed by atoms with van der Waals surface area (Å²) in [7, 11) is 0. The van der Waals surface area contributed by atoms with Crippen molar-refractivity contribution in [2.75, 3.05) is 6.73 Å². The third-order valence-corrected chi connectivity index (χ3v) is 3.64. The summed E-state index contributed by atoms with van der Waals surface area (Å²) in [5.41, 5.74) is 0.145. The van der Waals surface area contributed by atoms with Crippen molar-refractivity contribution >= 4 is 0 Å². The van der Waals surface area contributed by atoms with Gasteiger partial charge in [0.05, 0.1) is 17.8 Å². The van der Waals surface area contributed by atoms with Crippen LogP contribution in [0.15, 0.2) is 0 Å². The molecule has 0 aromatic carbocycles. The quantitative estimate of drug-likeness (QED) is 0.704. The fourth-order valence-corrected chi connectivity index (χ4v) is 3.00. The lowest BCUT2D eigenvalue weighted by Gasteiger charge is -2.35. The van der Waals surface area contributed by atoms with Crippen LogP contribution in [0.1, 0.15) is 54.4 Å². The van der Waals surface area contributed by atoms with Crippen LogP contribution in [-0.2, 0) is 9.47 Å². The molecule has 0 aromatic rings. The van der Waals surface area contributed by atoms with Crippen molar-refractivity contribution in [1.82, 2.24) is 4.90 Å². The van der Waals surface area contributed by atoms with Gasteiger partial charge in [0.2, 0.25) is 0 Å². The van der Waals surface area contributed by atoms with Gasteiger partial charge in [-0.15, -0.1) is 0 Å². The van der Waals surface area contributed by atoms with Gasteiger partial charge in [0.1, 0.15) is 6.73 Å². The van der Waals surface area contributed by atoms with E-state index in [0.29, 0.717) is 18.2 Å². The van der Waals surface area contributed by atoms with Crippen LogP contribution in [0.4, 0.5) is 0 Å². The van der Waals surface area contributed by atoms with Crippen LogP contribution in [0, 0.1) is 0 Å². The molecule has 1 heterocycles. The maximum atomic E-state index is 6.09. The second kappa shape index (κ2) is 4.22. The predicted octanol–water partition coefficient (Wildman–Crippen LogP) is 2.79. The fraction of sp³-hybridized carbons (Fsp3) is 1.00. The Morgan fingerprint density at radius 2 is 1.71 bits per heavy atom. The Bertz CT molecular complexity index is 277. The van der Waals surface area contributed by atoms with E-state index in [0.717, 1.165) is 19.6 Å². The van der Waals surface area contributed by atoms with Crippen LogP contribution in [0.5, 0.6) is 0 Å². The normalized spacial score (nSPS) is 35.3. The van der Waals surface area contributed by atoms with Gasteiger partial charge >= 0.3 is 0 Å². The van der Waals surface area contributed by atoms with Crippen molar-refractivity contribution in [2.45, 2.75) is 83.8 Å². The number of nitrogens with zero attached hydrogens (tertiary/aromatic N) is 1. The molecule has 1 aliphatic heterocycles. The van der Waals surface area contributed by atoms with E-state index in [2.05, 4.69) is 46.4 Å². The zero-order valence-corrected chi connectivity index (χ0v) is 12.1. The fourth-order valence-electron chi connectivity index (χ4n) is 3.00. The molecular weight excluding hydrogens is 214 g/mol. The van der Waals surface area contributed by atoms with Gasteiger partial charge in [0.25, 0.3) is 0 Å². The maximum Gasteiger partial charge on any atom is 0.100 e. The lowest BCUT2D eigenvalue weighted by atomic mass is 10.0. The summed E-state index contributed by atoms with van der Waals surface area (Å²) < 4.78 is 12.0. The number of hydrogen-bond donors (Lipinski definition) is 0. The first kappa shape index (κ1) is 13.3. The van der Waals surface area contributed by atoms with Gasteiger partial charge in [-0.25, -0.2) is 0 Å². The summed E-state index contributed by atoms with van der Waals surface area (Å²) in [4.78, 5) is 2.48. The summed E-state index contributed by atoms with van der Waals surface area (Å²) in [6.45, 7) is 13.9. The Hall–Kier alpha value is -0.120. The molecule has 100 valence electrons. The van der Waals surface area contributed by atoms with Crippen molar-refractivity contribution in [3.05, 3.63) is 0 Å². The monoisotopic (exact) mass is 241 g/mol. The van der Waals surface area contributed by atoms with Crippen molar-refractivity contribution in [2.24, 2.45) is 0 Å². The predicted molar refractivity (Wildman–Crippen MR) is 69.0 cm³/mol. The van der Waals surface area contributed by atoms with Crippen molar-refractivity contribution in [1.29, 1.82) is 0 Å². The Morgan fingerprint density at radius 1 is 1.06 bits per heavy atom. The number of rotatable bonds is 1. The third-order valence-electron chi connectivity index (χ3n) is 3.64. The highest BCUT2D eigenvalue weighted by molar-refractivity contribution is 4.98. The first-order chi connectivity index (χ1) is 7.67. The molecular formula is C14H27NO2. The topological polar surface area (TPSA) is 21.7 Å². The molecule has 0 aromatic heterocycles. The van der Waals surface area contributed by atoms with Crippen LogP contribution < -0.4 is 0 Å². The molecule has 0 radical (unpaired) electrons. The van der Waals surface area contributed by atoms with E-state index in [1.54, 1.807) is 0 Å². The second-order valence-corrected chi connectivity index (χ2v) is 7.37. The van der Waals surface area contributed by atoms with Crippen LogP contribution in [-0.4, -0.2) is 41.0 Å². The molecule has 3 nitrogen and oxygen atoms in total. The lowest BCUT2D eigenvalue weighted by Crippen LogP contribution is -2.45. The van der Waals surface area contributed by atoms with Gasteiger partial charge in [-0.1, -0.05) is 0 Å². The zero-order valence-electron chi connectivity index (χ0n) is 12.1. The van der Waals surface area contributed by atoms with Gasteiger partial charge in [0.15, 0.2) is 0 Å². The molecule has 3 heteroatoms. The first-order valence-corrected chi connectivity index (χ1v) is 6.73. The van der Waals surface area contributed by atoms with E-state index >= 15 is 0 Å². The van der Waals surface area contributed by atoms with Gasteiger partial charge < -0.3 is 9.47 Å².